The number of hydrogen-bond acceptors (Lipinski definition) is 6. The van der Waals surface area contributed by atoms with Crippen molar-refractivity contribution >= 4 is 21.7 Å². The van der Waals surface area contributed by atoms with Crippen molar-refractivity contribution in [2.75, 3.05) is 23.2 Å². The van der Waals surface area contributed by atoms with E-state index in [9.17, 15) is 8.42 Å². The molecule has 7 nitrogen and oxygen atoms in total. The van der Waals surface area contributed by atoms with Crippen LogP contribution in [0.3, 0.4) is 0 Å². The highest BCUT2D eigenvalue weighted by Gasteiger charge is 2.19. The molecule has 0 aliphatic carbocycles. The van der Waals surface area contributed by atoms with Crippen LogP contribution in [-0.4, -0.2) is 31.5 Å². The van der Waals surface area contributed by atoms with Gasteiger partial charge in [0, 0.05) is 18.7 Å². The van der Waals surface area contributed by atoms with Gasteiger partial charge in [-0.05, 0) is 42.7 Å². The Morgan fingerprint density at radius 3 is 2.72 bits per heavy atom. The van der Waals surface area contributed by atoms with Crippen LogP contribution >= 0.6 is 0 Å². The van der Waals surface area contributed by atoms with E-state index < -0.39 is 10.0 Å². The first-order valence-electron chi connectivity index (χ1n) is 9.40. The second-order valence-corrected chi connectivity index (χ2v) is 8.45. The summed E-state index contributed by atoms with van der Waals surface area (Å²) in [5.74, 6) is 0.747. The van der Waals surface area contributed by atoms with Gasteiger partial charge in [0.1, 0.15) is 11.6 Å². The molecule has 1 aliphatic heterocycles. The van der Waals surface area contributed by atoms with Crippen molar-refractivity contribution in [3.8, 4) is 11.3 Å². The van der Waals surface area contributed by atoms with Crippen molar-refractivity contribution in [2.45, 2.75) is 25.0 Å². The monoisotopic (exact) mass is 410 g/mol. The molecule has 0 fully saturated rings. The SMILES string of the molecule is Cc1ccc2nc1-c1ccccc1COCCCNc1cccc(n1)S(=O)(=O)N2. The molecule has 3 aromatic rings. The predicted octanol–water partition coefficient (Wildman–Crippen LogP) is 3.59. The van der Waals surface area contributed by atoms with E-state index in [-0.39, 0.29) is 10.8 Å². The topological polar surface area (TPSA) is 93.2 Å². The van der Waals surface area contributed by atoms with Gasteiger partial charge in [-0.2, -0.15) is 8.42 Å². The third-order valence-electron chi connectivity index (χ3n) is 4.64. The molecule has 4 rings (SSSR count). The Morgan fingerprint density at radius 1 is 0.966 bits per heavy atom. The van der Waals surface area contributed by atoms with E-state index in [0.717, 1.165) is 28.8 Å². The quantitative estimate of drug-likeness (QED) is 0.588. The number of hydrogen-bond donors (Lipinski definition) is 2. The number of aryl methyl sites for hydroxylation is 1. The summed E-state index contributed by atoms with van der Waals surface area (Å²) in [6.07, 6.45) is 0.770. The molecule has 0 amide bonds. The lowest BCUT2D eigenvalue weighted by molar-refractivity contribution is 0.121. The van der Waals surface area contributed by atoms with Gasteiger partial charge in [-0.25, -0.2) is 9.97 Å². The summed E-state index contributed by atoms with van der Waals surface area (Å²) in [6, 6.07) is 16.2. The number of benzene rings is 1. The Bertz CT molecular complexity index is 1130. The summed E-state index contributed by atoms with van der Waals surface area (Å²) in [7, 11) is -3.86. The summed E-state index contributed by atoms with van der Waals surface area (Å²) >= 11 is 0. The highest BCUT2D eigenvalue weighted by molar-refractivity contribution is 7.92. The van der Waals surface area contributed by atoms with E-state index in [2.05, 4.69) is 20.0 Å². The van der Waals surface area contributed by atoms with Gasteiger partial charge in [-0.3, -0.25) is 4.72 Å². The third-order valence-corrected chi connectivity index (χ3v) is 5.89. The van der Waals surface area contributed by atoms with Crippen LogP contribution < -0.4 is 10.0 Å². The maximum absolute atomic E-state index is 12.8. The number of rotatable bonds is 0. The number of ether oxygens (including phenoxy) is 1. The first kappa shape index (κ1) is 19.4. The summed E-state index contributed by atoms with van der Waals surface area (Å²) < 4.78 is 34.1. The Morgan fingerprint density at radius 2 is 1.83 bits per heavy atom. The van der Waals surface area contributed by atoms with Gasteiger partial charge in [0.05, 0.1) is 12.3 Å². The zero-order chi connectivity index (χ0) is 20.3. The largest absolute Gasteiger partial charge is 0.377 e. The van der Waals surface area contributed by atoms with E-state index >= 15 is 0 Å². The number of fused-ring (bicyclic) bond motifs is 6. The lowest BCUT2D eigenvalue weighted by Crippen LogP contribution is -2.17. The van der Waals surface area contributed by atoms with Crippen molar-refractivity contribution in [3.63, 3.8) is 0 Å². The Hall–Kier alpha value is -2.97. The van der Waals surface area contributed by atoms with Crippen molar-refractivity contribution in [1.29, 1.82) is 0 Å². The molecule has 150 valence electrons. The zero-order valence-corrected chi connectivity index (χ0v) is 16.9. The average molecular weight is 410 g/mol. The summed E-state index contributed by atoms with van der Waals surface area (Å²) in [6.45, 7) is 3.62. The van der Waals surface area contributed by atoms with Gasteiger partial charge in [0.25, 0.3) is 10.0 Å². The van der Waals surface area contributed by atoms with E-state index in [1.807, 2.05) is 37.3 Å². The maximum Gasteiger partial charge on any atom is 0.280 e. The van der Waals surface area contributed by atoms with Crippen LogP contribution in [0.4, 0.5) is 11.6 Å². The number of nitrogens with one attached hydrogen (secondary N) is 2. The molecule has 1 aromatic carbocycles. The summed E-state index contributed by atoms with van der Waals surface area (Å²) in [5.41, 5.74) is 3.61. The molecule has 0 saturated heterocycles. The van der Waals surface area contributed by atoms with Crippen molar-refractivity contribution in [3.05, 3.63) is 65.7 Å². The molecule has 4 bridgehead atoms. The highest BCUT2D eigenvalue weighted by Crippen LogP contribution is 2.28. The first-order valence-corrected chi connectivity index (χ1v) is 10.9. The highest BCUT2D eigenvalue weighted by atomic mass is 32.2. The van der Waals surface area contributed by atoms with Gasteiger partial charge >= 0.3 is 0 Å². The second kappa shape index (κ2) is 8.18. The van der Waals surface area contributed by atoms with Crippen LogP contribution in [0.2, 0.25) is 0 Å². The predicted molar refractivity (Wildman–Crippen MR) is 112 cm³/mol. The summed E-state index contributed by atoms with van der Waals surface area (Å²) in [4.78, 5) is 8.81. The van der Waals surface area contributed by atoms with Crippen LogP contribution in [0.25, 0.3) is 11.3 Å². The summed E-state index contributed by atoms with van der Waals surface area (Å²) in [5, 5.41) is 3.08. The fourth-order valence-corrected chi connectivity index (χ4v) is 4.13. The van der Waals surface area contributed by atoms with Crippen molar-refractivity contribution in [1.82, 2.24) is 9.97 Å². The van der Waals surface area contributed by atoms with Gasteiger partial charge in [-0.1, -0.05) is 36.4 Å². The molecule has 0 radical (unpaired) electrons. The van der Waals surface area contributed by atoms with Crippen molar-refractivity contribution < 1.29 is 13.2 Å². The van der Waals surface area contributed by atoms with Gasteiger partial charge < -0.3 is 10.1 Å². The molecular weight excluding hydrogens is 388 g/mol. The maximum atomic E-state index is 12.8. The molecule has 2 aromatic heterocycles. The van der Waals surface area contributed by atoms with E-state index in [4.69, 9.17) is 4.74 Å². The Kier molecular flexibility index (Phi) is 5.46. The van der Waals surface area contributed by atoms with Gasteiger partial charge in [-0.15, -0.1) is 0 Å². The van der Waals surface area contributed by atoms with Crippen LogP contribution in [0.15, 0.2) is 59.6 Å². The minimum absolute atomic E-state index is 0.0600. The van der Waals surface area contributed by atoms with Gasteiger partial charge in [0.2, 0.25) is 0 Å². The average Bonchev–Trinajstić information content (AvgIpc) is 2.72. The minimum Gasteiger partial charge on any atom is -0.377 e. The molecular formula is C21H22N4O3S. The van der Waals surface area contributed by atoms with Crippen LogP contribution in [-0.2, 0) is 21.4 Å². The Balaban J connectivity index is 1.80. The normalized spacial score (nSPS) is 16.2. The van der Waals surface area contributed by atoms with E-state index in [1.165, 1.54) is 6.07 Å². The van der Waals surface area contributed by atoms with Crippen molar-refractivity contribution in [2.24, 2.45) is 0 Å². The molecule has 0 saturated carbocycles. The first-order chi connectivity index (χ1) is 14.0. The molecule has 0 atom stereocenters. The van der Waals surface area contributed by atoms with Crippen LogP contribution in [0, 0.1) is 6.92 Å². The molecule has 3 heterocycles. The fourth-order valence-electron chi connectivity index (χ4n) is 3.16. The zero-order valence-electron chi connectivity index (χ0n) is 16.1. The molecule has 0 spiro atoms. The van der Waals surface area contributed by atoms with E-state index in [1.54, 1.807) is 18.2 Å². The molecule has 29 heavy (non-hydrogen) atoms. The lowest BCUT2D eigenvalue weighted by atomic mass is 10.0. The molecule has 2 N–H and O–H groups in total. The van der Waals surface area contributed by atoms with E-state index in [0.29, 0.717) is 25.6 Å². The molecule has 1 aliphatic rings. The number of pyridine rings is 2. The van der Waals surface area contributed by atoms with Crippen LogP contribution in [0.1, 0.15) is 17.5 Å². The van der Waals surface area contributed by atoms with Gasteiger partial charge in [0.15, 0.2) is 5.03 Å². The third kappa shape index (κ3) is 4.38. The lowest BCUT2D eigenvalue weighted by Gasteiger charge is -2.15. The molecule has 8 heteroatoms. The second-order valence-electron chi connectivity index (χ2n) is 6.82. The number of nitrogens with zero attached hydrogens (tertiary/aromatic N) is 2. The fraction of sp³-hybridized carbons (Fsp3) is 0.238. The standard InChI is InChI=1S/C21H22N4O3S/c1-15-10-11-19-24-21(15)17-7-3-2-6-16(17)14-28-13-5-12-22-18-8-4-9-20(23-18)29(26,27)25-19/h2-4,6-11H,5,12-14H2,1H3,(H,22,23)(H,24,25). The van der Waals surface area contributed by atoms with Crippen LogP contribution in [0.5, 0.6) is 0 Å². The number of aromatic nitrogens is 2. The Labute approximate surface area is 170 Å². The number of anilines is 2. The minimum atomic E-state index is -3.86. The molecule has 0 unspecified atom stereocenters. The number of sulfonamides is 1. The smallest absolute Gasteiger partial charge is 0.280 e.